The zero-order valence-electron chi connectivity index (χ0n) is 9.57. The molecule has 0 amide bonds. The summed E-state index contributed by atoms with van der Waals surface area (Å²) in [6.45, 7) is 0.0355. The van der Waals surface area contributed by atoms with Crippen LogP contribution < -0.4 is 10.5 Å². The van der Waals surface area contributed by atoms with Gasteiger partial charge in [0.2, 0.25) is 10.0 Å². The number of nitrogens with zero attached hydrogens (tertiary/aromatic N) is 2. The van der Waals surface area contributed by atoms with Gasteiger partial charge in [0.25, 0.3) is 11.7 Å². The van der Waals surface area contributed by atoms with Gasteiger partial charge in [0.15, 0.2) is 5.58 Å². The van der Waals surface area contributed by atoms with Crippen LogP contribution in [0.5, 0.6) is 0 Å². The Morgan fingerprint density at radius 2 is 2.21 bits per heavy atom. The van der Waals surface area contributed by atoms with Gasteiger partial charge >= 0.3 is 0 Å². The molecule has 0 aliphatic carbocycles. The van der Waals surface area contributed by atoms with Gasteiger partial charge in [-0.25, -0.2) is 13.6 Å². The zero-order chi connectivity index (χ0) is 14.0. The van der Waals surface area contributed by atoms with E-state index in [1.807, 2.05) is 0 Å². The summed E-state index contributed by atoms with van der Waals surface area (Å²) in [7, 11) is -3.56. The first-order valence-electron chi connectivity index (χ1n) is 5.14. The fourth-order valence-electron chi connectivity index (χ4n) is 1.40. The maximum absolute atomic E-state index is 10.7. The van der Waals surface area contributed by atoms with Gasteiger partial charge < -0.3 is 9.73 Å². The Bertz CT molecular complexity index is 723. The number of hydrogen-bond acceptors (Lipinski definition) is 7. The second-order valence-electron chi connectivity index (χ2n) is 3.72. The fourth-order valence-corrected chi connectivity index (χ4v) is 1.79. The van der Waals surface area contributed by atoms with Crippen molar-refractivity contribution in [2.45, 2.75) is 0 Å². The number of benzene rings is 1. The van der Waals surface area contributed by atoms with Crippen LogP contribution in [-0.2, 0) is 10.0 Å². The molecule has 0 unspecified atom stereocenters. The molecule has 102 valence electrons. The number of nitro groups is 1. The van der Waals surface area contributed by atoms with E-state index in [1.165, 1.54) is 18.2 Å². The van der Waals surface area contributed by atoms with E-state index in [9.17, 15) is 18.5 Å². The molecule has 1 aromatic heterocycles. The lowest BCUT2D eigenvalue weighted by atomic mass is 10.3. The minimum Gasteiger partial charge on any atom is -0.423 e. The van der Waals surface area contributed by atoms with E-state index >= 15 is 0 Å². The van der Waals surface area contributed by atoms with Gasteiger partial charge in [-0.2, -0.15) is 4.98 Å². The molecule has 0 radical (unpaired) electrons. The quantitative estimate of drug-likeness (QED) is 0.599. The molecular formula is C9H10N4O5S. The second-order valence-corrected chi connectivity index (χ2v) is 5.46. The molecule has 9 nitrogen and oxygen atoms in total. The van der Waals surface area contributed by atoms with Crippen molar-refractivity contribution < 1.29 is 17.8 Å². The van der Waals surface area contributed by atoms with Crippen LogP contribution in [-0.4, -0.2) is 30.6 Å². The summed E-state index contributed by atoms with van der Waals surface area (Å²) < 4.78 is 26.7. The molecule has 0 atom stereocenters. The predicted octanol–water partition coefficient (Wildman–Crippen LogP) is 0.436. The van der Waals surface area contributed by atoms with E-state index in [2.05, 4.69) is 10.3 Å². The number of rotatable bonds is 5. The summed E-state index contributed by atoms with van der Waals surface area (Å²) in [6.07, 6.45) is 0. The standard InChI is InChI=1S/C9H10N4O5S/c10-19(16,17)4-3-11-9-12-7-2-1-6(13(14)15)5-8(7)18-9/h1-2,5H,3-4H2,(H,11,12)(H2,10,16,17). The molecule has 10 heteroatoms. The first kappa shape index (κ1) is 13.2. The zero-order valence-corrected chi connectivity index (χ0v) is 10.4. The normalized spacial score (nSPS) is 11.6. The van der Waals surface area contributed by atoms with Crippen molar-refractivity contribution in [1.82, 2.24) is 4.98 Å². The summed E-state index contributed by atoms with van der Waals surface area (Å²) in [6, 6.07) is 4.08. The number of non-ortho nitro benzene ring substituents is 1. The van der Waals surface area contributed by atoms with Gasteiger partial charge in [0.1, 0.15) is 5.52 Å². The van der Waals surface area contributed by atoms with Crippen molar-refractivity contribution in [3.8, 4) is 0 Å². The van der Waals surface area contributed by atoms with E-state index in [0.29, 0.717) is 5.52 Å². The highest BCUT2D eigenvalue weighted by Crippen LogP contribution is 2.23. The third-order valence-corrected chi connectivity index (χ3v) is 3.02. The minimum absolute atomic E-state index is 0.0355. The molecule has 1 heterocycles. The Kier molecular flexibility index (Phi) is 3.36. The van der Waals surface area contributed by atoms with Gasteiger partial charge in [0.05, 0.1) is 16.7 Å². The van der Waals surface area contributed by atoms with Gasteiger partial charge in [-0.3, -0.25) is 10.1 Å². The maximum Gasteiger partial charge on any atom is 0.295 e. The summed E-state index contributed by atoms with van der Waals surface area (Å²) in [5.74, 6) is -0.272. The number of nitro benzene ring substituents is 1. The highest BCUT2D eigenvalue weighted by atomic mass is 32.2. The molecule has 3 N–H and O–H groups in total. The lowest BCUT2D eigenvalue weighted by Gasteiger charge is -1.98. The van der Waals surface area contributed by atoms with Gasteiger partial charge in [-0.05, 0) is 6.07 Å². The molecule has 0 fully saturated rings. The van der Waals surface area contributed by atoms with Crippen molar-refractivity contribution in [2.24, 2.45) is 5.14 Å². The topological polar surface area (TPSA) is 141 Å². The monoisotopic (exact) mass is 286 g/mol. The van der Waals surface area contributed by atoms with E-state index < -0.39 is 14.9 Å². The minimum atomic E-state index is -3.56. The molecular weight excluding hydrogens is 276 g/mol. The number of fused-ring (bicyclic) bond motifs is 1. The highest BCUT2D eigenvalue weighted by molar-refractivity contribution is 7.89. The summed E-state index contributed by atoms with van der Waals surface area (Å²) in [4.78, 5) is 14.0. The van der Waals surface area contributed by atoms with Crippen LogP contribution in [0.25, 0.3) is 11.1 Å². The van der Waals surface area contributed by atoms with Crippen LogP contribution in [0.3, 0.4) is 0 Å². The number of anilines is 1. The maximum atomic E-state index is 10.7. The summed E-state index contributed by atoms with van der Waals surface area (Å²) in [5.41, 5.74) is 0.566. The Morgan fingerprint density at radius 3 is 2.84 bits per heavy atom. The lowest BCUT2D eigenvalue weighted by Crippen LogP contribution is -2.22. The second kappa shape index (κ2) is 4.82. The number of primary sulfonamides is 1. The van der Waals surface area contributed by atoms with Crippen LogP contribution in [0.4, 0.5) is 11.7 Å². The summed E-state index contributed by atoms with van der Waals surface area (Å²) in [5, 5.41) is 18.0. The Labute approximate surface area is 107 Å². The first-order valence-corrected chi connectivity index (χ1v) is 6.86. The van der Waals surface area contributed by atoms with Crippen molar-refractivity contribution in [1.29, 1.82) is 0 Å². The molecule has 1 aromatic carbocycles. The van der Waals surface area contributed by atoms with E-state index in [-0.39, 0.29) is 29.6 Å². The molecule has 19 heavy (non-hydrogen) atoms. The molecule has 0 aliphatic rings. The van der Waals surface area contributed by atoms with Crippen LogP contribution in [0.1, 0.15) is 0 Å². The largest absolute Gasteiger partial charge is 0.423 e. The van der Waals surface area contributed by atoms with Gasteiger partial charge in [-0.15, -0.1) is 0 Å². The third kappa shape index (κ3) is 3.39. The van der Waals surface area contributed by atoms with Crippen LogP contribution in [0, 0.1) is 10.1 Å². The number of aromatic nitrogens is 1. The molecule has 0 bridgehead atoms. The van der Waals surface area contributed by atoms with Crippen molar-refractivity contribution in [3.63, 3.8) is 0 Å². The Morgan fingerprint density at radius 1 is 1.47 bits per heavy atom. The Hall–Kier alpha value is -2.20. The average molecular weight is 286 g/mol. The number of nitrogens with one attached hydrogen (secondary N) is 1. The van der Waals surface area contributed by atoms with E-state index in [0.717, 1.165) is 0 Å². The number of oxazole rings is 1. The number of hydrogen-bond donors (Lipinski definition) is 2. The number of nitrogens with two attached hydrogens (primary N) is 1. The van der Waals surface area contributed by atoms with Crippen LogP contribution in [0.2, 0.25) is 0 Å². The summed E-state index contributed by atoms with van der Waals surface area (Å²) >= 11 is 0. The molecule has 2 aromatic rings. The number of sulfonamides is 1. The lowest BCUT2D eigenvalue weighted by molar-refractivity contribution is -0.384. The Balaban J connectivity index is 2.15. The van der Waals surface area contributed by atoms with Crippen LogP contribution >= 0.6 is 0 Å². The predicted molar refractivity (Wildman–Crippen MR) is 67.1 cm³/mol. The van der Waals surface area contributed by atoms with E-state index in [1.54, 1.807) is 0 Å². The molecule has 0 aliphatic heterocycles. The van der Waals surface area contributed by atoms with Crippen LogP contribution in [0.15, 0.2) is 22.6 Å². The highest BCUT2D eigenvalue weighted by Gasteiger charge is 2.11. The first-order chi connectivity index (χ1) is 8.85. The van der Waals surface area contributed by atoms with E-state index in [4.69, 9.17) is 9.56 Å². The van der Waals surface area contributed by atoms with Gasteiger partial charge in [0, 0.05) is 12.6 Å². The average Bonchev–Trinajstić information content (AvgIpc) is 2.68. The van der Waals surface area contributed by atoms with Crippen molar-refractivity contribution >= 4 is 32.8 Å². The molecule has 0 saturated carbocycles. The molecule has 2 rings (SSSR count). The van der Waals surface area contributed by atoms with Gasteiger partial charge in [-0.1, -0.05) is 0 Å². The third-order valence-electron chi connectivity index (χ3n) is 2.25. The van der Waals surface area contributed by atoms with Crippen molar-refractivity contribution in [3.05, 3.63) is 28.3 Å². The molecule has 0 spiro atoms. The molecule has 0 saturated heterocycles. The van der Waals surface area contributed by atoms with Crippen molar-refractivity contribution in [2.75, 3.05) is 17.6 Å². The smallest absolute Gasteiger partial charge is 0.295 e. The SMILES string of the molecule is NS(=O)(=O)CCNc1nc2ccc([N+](=O)[O-])cc2o1. The fraction of sp³-hybridized carbons (Fsp3) is 0.222.